The molecule has 0 unspecified atom stereocenters. The lowest BCUT2D eigenvalue weighted by Crippen LogP contribution is -2.42. The van der Waals surface area contributed by atoms with Gasteiger partial charge in [-0.3, -0.25) is 25.2 Å². The fourth-order valence-corrected chi connectivity index (χ4v) is 2.58. The maximum atomic E-state index is 12.2. The zero-order chi connectivity index (χ0) is 19.9. The predicted octanol–water partition coefficient (Wildman–Crippen LogP) is 1.49. The molecule has 144 valence electrons. The molecule has 0 bridgehead atoms. The Hall–Kier alpha value is -3.40. The predicted molar refractivity (Wildman–Crippen MR) is 104 cm³/mol. The quantitative estimate of drug-likeness (QED) is 0.496. The van der Waals surface area contributed by atoms with Crippen molar-refractivity contribution in [2.75, 3.05) is 6.61 Å². The Morgan fingerprint density at radius 2 is 1.86 bits per heavy atom. The van der Waals surface area contributed by atoms with Crippen molar-refractivity contribution in [1.29, 1.82) is 0 Å². The molecule has 10 heteroatoms. The number of nitrogens with zero attached hydrogens (tertiary/aromatic N) is 2. The minimum atomic E-state index is -0.656. The summed E-state index contributed by atoms with van der Waals surface area (Å²) >= 11 is 3.22. The molecule has 28 heavy (non-hydrogen) atoms. The van der Waals surface area contributed by atoms with E-state index < -0.39 is 11.8 Å². The molecule has 0 saturated carbocycles. The van der Waals surface area contributed by atoms with Gasteiger partial charge in [-0.2, -0.15) is 5.10 Å². The van der Waals surface area contributed by atoms with Crippen LogP contribution >= 0.6 is 15.9 Å². The minimum absolute atomic E-state index is 0.0210. The van der Waals surface area contributed by atoms with Gasteiger partial charge in [-0.15, -0.1) is 0 Å². The number of carbonyl (C=O) groups excluding carboxylic acids is 2. The first-order chi connectivity index (χ1) is 13.5. The van der Waals surface area contributed by atoms with E-state index in [0.29, 0.717) is 10.2 Å². The van der Waals surface area contributed by atoms with Crippen LogP contribution in [0.2, 0.25) is 0 Å². The van der Waals surface area contributed by atoms with E-state index in [1.807, 2.05) is 18.2 Å². The number of hydrogen-bond acceptors (Lipinski definition) is 5. The molecule has 2 heterocycles. The molecule has 1 aromatic carbocycles. The lowest BCUT2D eigenvalue weighted by atomic mass is 10.3. The summed E-state index contributed by atoms with van der Waals surface area (Å²) in [7, 11) is 0. The lowest BCUT2D eigenvalue weighted by Gasteiger charge is -2.09. The van der Waals surface area contributed by atoms with Gasteiger partial charge in [0.1, 0.15) is 18.1 Å². The molecule has 9 nitrogen and oxygen atoms in total. The number of amides is 2. The molecule has 0 fully saturated rings. The van der Waals surface area contributed by atoms with Crippen molar-refractivity contribution in [2.45, 2.75) is 6.54 Å². The van der Waals surface area contributed by atoms with Gasteiger partial charge in [0.2, 0.25) is 0 Å². The molecule has 2 amide bonds. The molecule has 0 radical (unpaired) electrons. The molecular weight excluding hydrogens is 430 g/mol. The molecule has 3 N–H and O–H groups in total. The number of ether oxygens (including phenoxy) is 1. The van der Waals surface area contributed by atoms with Crippen molar-refractivity contribution >= 4 is 27.7 Å². The van der Waals surface area contributed by atoms with Crippen LogP contribution < -0.4 is 21.1 Å². The highest BCUT2D eigenvalue weighted by Crippen LogP contribution is 2.10. The molecular formula is C18H16BrN5O4. The second-order valence-electron chi connectivity index (χ2n) is 5.58. The van der Waals surface area contributed by atoms with Crippen LogP contribution in [0.3, 0.4) is 0 Å². The standard InChI is InChI=1S/C18H16BrN5O4/c19-12-10-15(20-11-12)18(27)22-21-17(26)14-6-7-16(25)24(23-14)8-9-28-13-4-2-1-3-5-13/h1-7,10-11,20H,8-9H2,(H,21,26)(H,22,27). The summed E-state index contributed by atoms with van der Waals surface area (Å²) in [6.07, 6.45) is 1.59. The summed E-state index contributed by atoms with van der Waals surface area (Å²) in [5.74, 6) is -0.511. The van der Waals surface area contributed by atoms with Crippen LogP contribution in [-0.4, -0.2) is 33.2 Å². The number of hydrogen-bond donors (Lipinski definition) is 3. The average Bonchev–Trinajstić information content (AvgIpc) is 3.14. The Labute approximate surface area is 167 Å². The number of rotatable bonds is 6. The maximum Gasteiger partial charge on any atom is 0.290 e. The molecule has 0 atom stereocenters. The van der Waals surface area contributed by atoms with Gasteiger partial charge in [-0.1, -0.05) is 18.2 Å². The van der Waals surface area contributed by atoms with Crippen LogP contribution in [0.25, 0.3) is 0 Å². The molecule has 0 saturated heterocycles. The van der Waals surface area contributed by atoms with Gasteiger partial charge in [-0.25, -0.2) is 4.68 Å². The Bertz CT molecular complexity index is 1030. The molecule has 3 rings (SSSR count). The number of aromatic amines is 1. The number of hydrazine groups is 1. The maximum absolute atomic E-state index is 12.2. The molecule has 0 aliphatic rings. The molecule has 3 aromatic rings. The highest BCUT2D eigenvalue weighted by molar-refractivity contribution is 9.10. The van der Waals surface area contributed by atoms with Gasteiger partial charge in [0.15, 0.2) is 5.69 Å². The van der Waals surface area contributed by atoms with Crippen LogP contribution in [-0.2, 0) is 6.54 Å². The summed E-state index contributed by atoms with van der Waals surface area (Å²) in [5.41, 5.74) is 4.40. The van der Waals surface area contributed by atoms with Crippen molar-refractivity contribution < 1.29 is 14.3 Å². The summed E-state index contributed by atoms with van der Waals surface area (Å²) in [4.78, 5) is 38.8. The zero-order valence-corrected chi connectivity index (χ0v) is 16.1. The van der Waals surface area contributed by atoms with Crippen molar-refractivity contribution in [2.24, 2.45) is 0 Å². The fourth-order valence-electron chi connectivity index (χ4n) is 2.24. The Morgan fingerprint density at radius 1 is 1.11 bits per heavy atom. The van der Waals surface area contributed by atoms with Gasteiger partial charge < -0.3 is 9.72 Å². The van der Waals surface area contributed by atoms with Crippen LogP contribution in [0, 0.1) is 0 Å². The average molecular weight is 446 g/mol. The third kappa shape index (κ3) is 5.07. The number of para-hydroxylation sites is 1. The van der Waals surface area contributed by atoms with E-state index in [9.17, 15) is 14.4 Å². The highest BCUT2D eigenvalue weighted by atomic mass is 79.9. The van der Waals surface area contributed by atoms with Crippen LogP contribution in [0.5, 0.6) is 5.75 Å². The third-order valence-corrected chi connectivity index (χ3v) is 4.05. The number of H-pyrrole nitrogens is 1. The first-order valence-electron chi connectivity index (χ1n) is 8.23. The van der Waals surface area contributed by atoms with Crippen LogP contribution in [0.15, 0.2) is 64.0 Å². The monoisotopic (exact) mass is 445 g/mol. The van der Waals surface area contributed by atoms with Crippen molar-refractivity contribution in [3.8, 4) is 5.75 Å². The van der Waals surface area contributed by atoms with Crippen molar-refractivity contribution in [3.05, 3.63) is 80.9 Å². The lowest BCUT2D eigenvalue weighted by molar-refractivity contribution is 0.0840. The highest BCUT2D eigenvalue weighted by Gasteiger charge is 2.13. The third-order valence-electron chi connectivity index (χ3n) is 3.60. The normalized spacial score (nSPS) is 10.3. The topological polar surface area (TPSA) is 118 Å². The van der Waals surface area contributed by atoms with Crippen molar-refractivity contribution in [3.63, 3.8) is 0 Å². The molecule has 0 spiro atoms. The summed E-state index contributed by atoms with van der Waals surface area (Å²) in [5, 5.41) is 4.00. The van der Waals surface area contributed by atoms with Gasteiger partial charge in [-0.05, 0) is 40.2 Å². The summed E-state index contributed by atoms with van der Waals surface area (Å²) < 4.78 is 7.36. The van der Waals surface area contributed by atoms with Crippen LogP contribution in [0.4, 0.5) is 0 Å². The Morgan fingerprint density at radius 3 is 2.57 bits per heavy atom. The first-order valence-corrected chi connectivity index (χ1v) is 9.03. The Balaban J connectivity index is 1.57. The van der Waals surface area contributed by atoms with Gasteiger partial charge in [0.05, 0.1) is 6.54 Å². The van der Waals surface area contributed by atoms with E-state index in [4.69, 9.17) is 4.74 Å². The summed E-state index contributed by atoms with van der Waals surface area (Å²) in [6, 6.07) is 13.2. The number of halogens is 1. The Kier molecular flexibility index (Phi) is 6.22. The molecule has 0 aliphatic carbocycles. The van der Waals surface area contributed by atoms with Crippen molar-refractivity contribution in [1.82, 2.24) is 25.6 Å². The number of benzene rings is 1. The van der Waals surface area contributed by atoms with E-state index >= 15 is 0 Å². The largest absolute Gasteiger partial charge is 0.492 e. The number of aromatic nitrogens is 3. The second-order valence-corrected chi connectivity index (χ2v) is 6.50. The van der Waals surface area contributed by atoms with Gasteiger partial charge in [0.25, 0.3) is 17.4 Å². The van der Waals surface area contributed by atoms with E-state index in [-0.39, 0.29) is 30.1 Å². The van der Waals surface area contributed by atoms with E-state index in [2.05, 4.69) is 36.9 Å². The van der Waals surface area contributed by atoms with E-state index in [1.165, 1.54) is 12.1 Å². The van der Waals surface area contributed by atoms with E-state index in [1.54, 1.807) is 24.4 Å². The molecule has 2 aromatic heterocycles. The van der Waals surface area contributed by atoms with Crippen LogP contribution in [0.1, 0.15) is 21.0 Å². The van der Waals surface area contributed by atoms with Gasteiger partial charge in [0, 0.05) is 16.7 Å². The van der Waals surface area contributed by atoms with Gasteiger partial charge >= 0.3 is 0 Å². The first kappa shape index (κ1) is 19.4. The summed E-state index contributed by atoms with van der Waals surface area (Å²) in [6.45, 7) is 0.373. The molecule has 0 aliphatic heterocycles. The smallest absolute Gasteiger partial charge is 0.290 e. The van der Waals surface area contributed by atoms with E-state index in [0.717, 1.165) is 4.68 Å². The number of carbonyl (C=O) groups is 2. The second kappa shape index (κ2) is 9.00. The SMILES string of the molecule is O=C(NNC(=O)c1cc(Br)c[nH]1)c1ccc(=O)n(CCOc2ccccc2)n1. The fraction of sp³-hybridized carbons (Fsp3) is 0.111. The minimum Gasteiger partial charge on any atom is -0.492 e. The zero-order valence-electron chi connectivity index (χ0n) is 14.5. The number of nitrogens with one attached hydrogen (secondary N) is 3.